The van der Waals surface area contributed by atoms with Crippen LogP contribution in [-0.2, 0) is 5.41 Å². The SMILES string of the molecule is c1ccc(-c2sc(-c3ccccc3)c3cc4c(cc23)-c2ccccc2C42c3ccccc3-c3cc4cscc4cc32)cc1. The van der Waals surface area contributed by atoms with Gasteiger partial charge in [0, 0.05) is 20.5 Å². The van der Waals surface area contributed by atoms with E-state index in [-0.39, 0.29) is 5.41 Å². The van der Waals surface area contributed by atoms with E-state index in [9.17, 15) is 0 Å². The summed E-state index contributed by atoms with van der Waals surface area (Å²) in [6.07, 6.45) is 0. The van der Waals surface area contributed by atoms with Crippen LogP contribution in [0.5, 0.6) is 0 Å². The molecular weight excluding hydrogens is 557 g/mol. The molecule has 2 aliphatic rings. The molecule has 2 aromatic heterocycles. The summed E-state index contributed by atoms with van der Waals surface area (Å²) in [5.41, 5.74) is 13.2. The molecule has 0 N–H and O–H groups in total. The van der Waals surface area contributed by atoms with E-state index >= 15 is 0 Å². The van der Waals surface area contributed by atoms with Crippen LogP contribution in [0.1, 0.15) is 22.3 Å². The molecule has 2 heterocycles. The third-order valence-electron chi connectivity index (χ3n) is 9.59. The molecule has 0 amide bonds. The number of benzene rings is 6. The molecule has 43 heavy (non-hydrogen) atoms. The zero-order chi connectivity index (χ0) is 28.1. The van der Waals surface area contributed by atoms with Crippen molar-refractivity contribution in [1.82, 2.24) is 0 Å². The predicted octanol–water partition coefficient (Wildman–Crippen LogP) is 11.8. The van der Waals surface area contributed by atoms with Crippen molar-refractivity contribution in [2.24, 2.45) is 0 Å². The Morgan fingerprint density at radius 1 is 0.395 bits per heavy atom. The molecule has 1 spiro atoms. The maximum atomic E-state index is 2.56. The first-order chi connectivity index (χ1) is 21.3. The summed E-state index contributed by atoms with van der Waals surface area (Å²) in [4.78, 5) is 2.67. The first-order valence-electron chi connectivity index (χ1n) is 14.7. The number of hydrogen-bond donors (Lipinski definition) is 0. The minimum absolute atomic E-state index is 0.356. The summed E-state index contributed by atoms with van der Waals surface area (Å²) in [5, 5.41) is 9.91. The van der Waals surface area contributed by atoms with Crippen molar-refractivity contribution < 1.29 is 0 Å². The van der Waals surface area contributed by atoms with E-state index in [4.69, 9.17) is 0 Å². The highest BCUT2D eigenvalue weighted by Gasteiger charge is 2.52. The van der Waals surface area contributed by atoms with Crippen molar-refractivity contribution in [1.29, 1.82) is 0 Å². The van der Waals surface area contributed by atoms with E-state index in [0.717, 1.165) is 0 Å². The van der Waals surface area contributed by atoms with Gasteiger partial charge in [-0.3, -0.25) is 0 Å². The molecule has 0 bridgehead atoms. The molecule has 2 heteroatoms. The zero-order valence-electron chi connectivity index (χ0n) is 23.2. The molecular formula is C41H24S2. The zero-order valence-corrected chi connectivity index (χ0v) is 24.8. The van der Waals surface area contributed by atoms with Crippen LogP contribution in [0.4, 0.5) is 0 Å². The molecule has 6 aromatic carbocycles. The molecule has 1 atom stereocenters. The maximum absolute atomic E-state index is 2.56. The fourth-order valence-electron chi connectivity index (χ4n) is 7.84. The third-order valence-corrected chi connectivity index (χ3v) is 11.7. The highest BCUT2D eigenvalue weighted by molar-refractivity contribution is 7.21. The van der Waals surface area contributed by atoms with Gasteiger partial charge in [-0.25, -0.2) is 0 Å². The molecule has 1 unspecified atom stereocenters. The Hall–Kier alpha value is -4.76. The topological polar surface area (TPSA) is 0 Å². The summed E-state index contributed by atoms with van der Waals surface area (Å²) >= 11 is 3.71. The average Bonchev–Trinajstić information content (AvgIpc) is 3.82. The minimum atomic E-state index is -0.356. The Bertz CT molecular complexity index is 2390. The maximum Gasteiger partial charge on any atom is 0.0725 e. The Morgan fingerprint density at radius 2 is 0.884 bits per heavy atom. The predicted molar refractivity (Wildman–Crippen MR) is 184 cm³/mol. The third kappa shape index (κ3) is 3.04. The van der Waals surface area contributed by atoms with E-state index in [2.05, 4.69) is 144 Å². The van der Waals surface area contributed by atoms with Crippen molar-refractivity contribution in [3.8, 4) is 43.1 Å². The highest BCUT2D eigenvalue weighted by Crippen LogP contribution is 2.64. The van der Waals surface area contributed by atoms with Gasteiger partial charge in [-0.2, -0.15) is 11.3 Å². The van der Waals surface area contributed by atoms with Crippen LogP contribution in [0.25, 0.3) is 64.7 Å². The molecule has 0 aliphatic heterocycles. The lowest BCUT2D eigenvalue weighted by Crippen LogP contribution is -2.25. The van der Waals surface area contributed by atoms with Gasteiger partial charge in [0.1, 0.15) is 0 Å². The summed E-state index contributed by atoms with van der Waals surface area (Å²) < 4.78 is 0. The van der Waals surface area contributed by atoms with E-state index in [1.807, 2.05) is 11.3 Å². The molecule has 10 rings (SSSR count). The van der Waals surface area contributed by atoms with Crippen molar-refractivity contribution in [2.45, 2.75) is 5.41 Å². The van der Waals surface area contributed by atoms with Gasteiger partial charge in [0.2, 0.25) is 0 Å². The monoisotopic (exact) mass is 580 g/mol. The van der Waals surface area contributed by atoms with Crippen LogP contribution < -0.4 is 0 Å². The second-order valence-electron chi connectivity index (χ2n) is 11.7. The Labute approximate surface area is 258 Å². The van der Waals surface area contributed by atoms with Gasteiger partial charge < -0.3 is 0 Å². The average molecular weight is 581 g/mol. The summed E-state index contributed by atoms with van der Waals surface area (Å²) in [6.45, 7) is 0. The number of thiophene rings is 2. The number of hydrogen-bond acceptors (Lipinski definition) is 2. The van der Waals surface area contributed by atoms with Crippen LogP contribution >= 0.6 is 22.7 Å². The molecule has 0 saturated heterocycles. The second kappa shape index (κ2) is 8.64. The van der Waals surface area contributed by atoms with Crippen molar-refractivity contribution in [2.75, 3.05) is 0 Å². The van der Waals surface area contributed by atoms with Crippen LogP contribution in [-0.4, -0.2) is 0 Å². The Balaban J connectivity index is 1.38. The molecule has 0 saturated carbocycles. The number of rotatable bonds is 2. The van der Waals surface area contributed by atoms with Gasteiger partial charge in [0.25, 0.3) is 0 Å². The van der Waals surface area contributed by atoms with Crippen LogP contribution in [0.3, 0.4) is 0 Å². The molecule has 8 aromatic rings. The van der Waals surface area contributed by atoms with Crippen molar-refractivity contribution in [3.05, 3.63) is 166 Å². The van der Waals surface area contributed by atoms with Gasteiger partial charge in [0.05, 0.1) is 5.41 Å². The lowest BCUT2D eigenvalue weighted by molar-refractivity contribution is 0.796. The second-order valence-corrected chi connectivity index (χ2v) is 13.4. The summed E-state index contributed by atoms with van der Waals surface area (Å²) in [7, 11) is 0. The summed E-state index contributed by atoms with van der Waals surface area (Å²) in [5.74, 6) is 0. The normalized spacial score (nSPS) is 16.0. The first-order valence-corrected chi connectivity index (χ1v) is 16.5. The minimum Gasteiger partial charge on any atom is -0.151 e. The first kappa shape index (κ1) is 23.8. The quantitative estimate of drug-likeness (QED) is 0.191. The van der Waals surface area contributed by atoms with Crippen LogP contribution in [0.2, 0.25) is 0 Å². The largest absolute Gasteiger partial charge is 0.151 e. The number of fused-ring (bicyclic) bond motifs is 12. The van der Waals surface area contributed by atoms with Crippen LogP contribution in [0, 0.1) is 0 Å². The Kier molecular flexibility index (Phi) is 4.77. The van der Waals surface area contributed by atoms with Gasteiger partial charge >= 0.3 is 0 Å². The standard InChI is InChI=1S/C41H24S2/c1-3-11-25(12-4-1)39-33-21-32-30-16-8-10-18-36(30)41(38(32)22-34(33)40(43-39)26-13-5-2-6-14-26)35-17-9-7-15-29(35)31-19-27-23-42-24-28(27)20-37(31)41/h1-24H. The fraction of sp³-hybridized carbons (Fsp3) is 0.0244. The molecule has 0 radical (unpaired) electrons. The molecule has 0 nitrogen and oxygen atoms in total. The van der Waals surface area contributed by atoms with Crippen molar-refractivity contribution >= 4 is 44.2 Å². The molecule has 200 valence electrons. The Morgan fingerprint density at radius 3 is 1.51 bits per heavy atom. The van der Waals surface area contributed by atoms with E-state index < -0.39 is 0 Å². The van der Waals surface area contributed by atoms with E-state index in [1.165, 1.54) is 86.9 Å². The smallest absolute Gasteiger partial charge is 0.0725 e. The lowest BCUT2D eigenvalue weighted by Gasteiger charge is -2.30. The van der Waals surface area contributed by atoms with E-state index in [0.29, 0.717) is 0 Å². The van der Waals surface area contributed by atoms with Crippen molar-refractivity contribution in [3.63, 3.8) is 0 Å². The molecule has 2 aliphatic carbocycles. The molecule has 0 fully saturated rings. The van der Waals surface area contributed by atoms with Gasteiger partial charge in [-0.1, -0.05) is 109 Å². The van der Waals surface area contributed by atoms with Crippen LogP contribution in [0.15, 0.2) is 144 Å². The highest BCUT2D eigenvalue weighted by atomic mass is 32.1. The lowest BCUT2D eigenvalue weighted by atomic mass is 9.70. The van der Waals surface area contributed by atoms with Gasteiger partial charge in [-0.15, -0.1) is 11.3 Å². The van der Waals surface area contributed by atoms with E-state index in [1.54, 1.807) is 11.3 Å². The van der Waals surface area contributed by atoms with Gasteiger partial charge in [-0.05, 0) is 101 Å². The van der Waals surface area contributed by atoms with Gasteiger partial charge in [0.15, 0.2) is 0 Å². The fourth-order valence-corrected chi connectivity index (χ4v) is 9.88. The summed E-state index contributed by atoms with van der Waals surface area (Å²) in [6, 6.07) is 50.1.